The van der Waals surface area contributed by atoms with Gasteiger partial charge in [0.1, 0.15) is 18.1 Å². The fourth-order valence-corrected chi connectivity index (χ4v) is 2.09. The maximum atomic E-state index is 12.0. The van der Waals surface area contributed by atoms with Gasteiger partial charge in [-0.1, -0.05) is 41.4 Å². The second-order valence-electron chi connectivity index (χ2n) is 5.14. The largest absolute Gasteiger partial charge is 0.492 e. The molecule has 2 aromatic rings. The number of nitrogens with one attached hydrogen (secondary N) is 1. The predicted molar refractivity (Wildman–Crippen MR) is 91.2 cm³/mol. The standard InChI is InChI=1S/C18H20ClNO3/c1-13-7-9-15(10-8-13)22-12-11-20-18(21)14(2)23-17-6-4-3-5-16(17)19/h3-10,14H,11-12H2,1-2H3,(H,20,21)/t14-/m1/s1. The maximum Gasteiger partial charge on any atom is 0.260 e. The van der Waals surface area contributed by atoms with Gasteiger partial charge in [-0.3, -0.25) is 4.79 Å². The summed E-state index contributed by atoms with van der Waals surface area (Å²) in [5, 5.41) is 3.25. The van der Waals surface area contributed by atoms with Crippen molar-refractivity contribution in [2.45, 2.75) is 20.0 Å². The maximum absolute atomic E-state index is 12.0. The van der Waals surface area contributed by atoms with Crippen LogP contribution in [0.25, 0.3) is 0 Å². The summed E-state index contributed by atoms with van der Waals surface area (Å²) in [4.78, 5) is 12.0. The van der Waals surface area contributed by atoms with E-state index in [2.05, 4.69) is 5.32 Å². The molecule has 0 aromatic heterocycles. The molecular weight excluding hydrogens is 314 g/mol. The molecule has 0 aliphatic rings. The van der Waals surface area contributed by atoms with Crippen LogP contribution in [0.1, 0.15) is 12.5 Å². The minimum atomic E-state index is -0.630. The molecule has 0 spiro atoms. The van der Waals surface area contributed by atoms with Crippen LogP contribution in [0.2, 0.25) is 5.02 Å². The molecule has 4 nitrogen and oxygen atoms in total. The second-order valence-corrected chi connectivity index (χ2v) is 5.55. The van der Waals surface area contributed by atoms with Crippen molar-refractivity contribution < 1.29 is 14.3 Å². The Morgan fingerprint density at radius 1 is 1.17 bits per heavy atom. The Bertz CT molecular complexity index is 643. The summed E-state index contributed by atoms with van der Waals surface area (Å²) in [6.07, 6.45) is -0.630. The molecule has 0 bridgehead atoms. The molecule has 0 aliphatic heterocycles. The Balaban J connectivity index is 1.72. The first-order valence-corrected chi connectivity index (χ1v) is 7.82. The van der Waals surface area contributed by atoms with Crippen LogP contribution in [0.3, 0.4) is 0 Å². The Morgan fingerprint density at radius 2 is 1.87 bits per heavy atom. The lowest BCUT2D eigenvalue weighted by atomic mass is 10.2. The van der Waals surface area contributed by atoms with Crippen LogP contribution in [-0.4, -0.2) is 25.2 Å². The van der Waals surface area contributed by atoms with Gasteiger partial charge < -0.3 is 14.8 Å². The molecule has 0 saturated carbocycles. The Kier molecular flexibility index (Phi) is 6.29. The number of halogens is 1. The second kappa shape index (κ2) is 8.44. The van der Waals surface area contributed by atoms with Crippen LogP contribution in [0.15, 0.2) is 48.5 Å². The zero-order chi connectivity index (χ0) is 16.7. The molecule has 2 aromatic carbocycles. The van der Waals surface area contributed by atoms with Gasteiger partial charge in [0.25, 0.3) is 5.91 Å². The summed E-state index contributed by atoms with van der Waals surface area (Å²) < 4.78 is 11.1. The summed E-state index contributed by atoms with van der Waals surface area (Å²) in [7, 11) is 0. The number of hydrogen-bond donors (Lipinski definition) is 1. The molecule has 23 heavy (non-hydrogen) atoms. The number of carbonyl (C=O) groups is 1. The Hall–Kier alpha value is -2.20. The average Bonchev–Trinajstić information content (AvgIpc) is 2.55. The topological polar surface area (TPSA) is 47.6 Å². The van der Waals surface area contributed by atoms with Crippen molar-refractivity contribution in [2.75, 3.05) is 13.2 Å². The van der Waals surface area contributed by atoms with E-state index >= 15 is 0 Å². The molecule has 0 fully saturated rings. The van der Waals surface area contributed by atoms with Crippen LogP contribution in [0, 0.1) is 6.92 Å². The zero-order valence-corrected chi connectivity index (χ0v) is 14.0. The van der Waals surface area contributed by atoms with E-state index in [0.29, 0.717) is 23.9 Å². The number of hydrogen-bond acceptors (Lipinski definition) is 3. The summed E-state index contributed by atoms with van der Waals surface area (Å²) in [6, 6.07) is 14.8. The molecule has 1 N–H and O–H groups in total. The number of amides is 1. The van der Waals surface area contributed by atoms with Crippen molar-refractivity contribution >= 4 is 17.5 Å². The quantitative estimate of drug-likeness (QED) is 0.787. The lowest BCUT2D eigenvalue weighted by Gasteiger charge is -2.15. The molecule has 5 heteroatoms. The summed E-state index contributed by atoms with van der Waals surface area (Å²) in [5.74, 6) is 1.07. The molecular formula is C18H20ClNO3. The van der Waals surface area contributed by atoms with Gasteiger partial charge in [0.2, 0.25) is 0 Å². The minimum Gasteiger partial charge on any atom is -0.492 e. The summed E-state index contributed by atoms with van der Waals surface area (Å²) in [6.45, 7) is 4.50. The molecule has 122 valence electrons. The zero-order valence-electron chi connectivity index (χ0n) is 13.2. The Labute approximate surface area is 141 Å². The third-order valence-corrected chi connectivity index (χ3v) is 3.51. The molecule has 0 unspecified atom stereocenters. The summed E-state index contributed by atoms with van der Waals surface area (Å²) in [5.41, 5.74) is 1.18. The van der Waals surface area contributed by atoms with Crippen LogP contribution < -0.4 is 14.8 Å². The molecule has 0 aliphatic carbocycles. The van der Waals surface area contributed by atoms with Gasteiger partial charge in [0.05, 0.1) is 11.6 Å². The summed E-state index contributed by atoms with van der Waals surface area (Å²) >= 11 is 6.00. The monoisotopic (exact) mass is 333 g/mol. The number of ether oxygens (including phenoxy) is 2. The fourth-order valence-electron chi connectivity index (χ4n) is 1.91. The number of aryl methyl sites for hydroxylation is 1. The first-order chi connectivity index (χ1) is 11.1. The SMILES string of the molecule is Cc1ccc(OCCNC(=O)[C@@H](C)Oc2ccccc2Cl)cc1. The normalized spacial score (nSPS) is 11.6. The van der Waals surface area contributed by atoms with Crippen molar-refractivity contribution in [3.63, 3.8) is 0 Å². The fraction of sp³-hybridized carbons (Fsp3) is 0.278. The van der Waals surface area contributed by atoms with Gasteiger partial charge in [0, 0.05) is 0 Å². The van der Waals surface area contributed by atoms with Gasteiger partial charge in [-0.25, -0.2) is 0 Å². The van der Waals surface area contributed by atoms with Gasteiger partial charge in [-0.2, -0.15) is 0 Å². The third-order valence-electron chi connectivity index (χ3n) is 3.20. The van der Waals surface area contributed by atoms with E-state index in [9.17, 15) is 4.79 Å². The molecule has 2 rings (SSSR count). The number of benzene rings is 2. The van der Waals surface area contributed by atoms with E-state index < -0.39 is 6.10 Å². The van der Waals surface area contributed by atoms with E-state index in [1.807, 2.05) is 37.3 Å². The predicted octanol–water partition coefficient (Wildman–Crippen LogP) is 3.61. The van der Waals surface area contributed by atoms with Gasteiger partial charge in [-0.15, -0.1) is 0 Å². The molecule has 0 radical (unpaired) electrons. The van der Waals surface area contributed by atoms with Crippen molar-refractivity contribution in [1.82, 2.24) is 5.32 Å². The first kappa shape index (κ1) is 17.2. The van der Waals surface area contributed by atoms with Gasteiger partial charge in [-0.05, 0) is 38.1 Å². The van der Waals surface area contributed by atoms with E-state index in [4.69, 9.17) is 21.1 Å². The minimum absolute atomic E-state index is 0.211. The Morgan fingerprint density at radius 3 is 2.57 bits per heavy atom. The van der Waals surface area contributed by atoms with Crippen LogP contribution in [-0.2, 0) is 4.79 Å². The van der Waals surface area contributed by atoms with Crippen molar-refractivity contribution in [3.05, 3.63) is 59.1 Å². The van der Waals surface area contributed by atoms with Crippen LogP contribution >= 0.6 is 11.6 Å². The molecule has 1 amide bonds. The highest BCUT2D eigenvalue weighted by Crippen LogP contribution is 2.24. The van der Waals surface area contributed by atoms with E-state index in [0.717, 1.165) is 5.75 Å². The molecule has 0 saturated heterocycles. The first-order valence-electron chi connectivity index (χ1n) is 7.44. The smallest absolute Gasteiger partial charge is 0.260 e. The molecule has 0 heterocycles. The highest BCUT2D eigenvalue weighted by molar-refractivity contribution is 6.32. The average molecular weight is 334 g/mol. The molecule has 1 atom stereocenters. The lowest BCUT2D eigenvalue weighted by Crippen LogP contribution is -2.38. The number of carbonyl (C=O) groups excluding carboxylic acids is 1. The van der Waals surface area contributed by atoms with Gasteiger partial charge in [0.15, 0.2) is 6.10 Å². The number of para-hydroxylation sites is 1. The van der Waals surface area contributed by atoms with Crippen LogP contribution in [0.5, 0.6) is 11.5 Å². The highest BCUT2D eigenvalue weighted by atomic mass is 35.5. The van der Waals surface area contributed by atoms with Crippen molar-refractivity contribution in [3.8, 4) is 11.5 Å². The van der Waals surface area contributed by atoms with Crippen molar-refractivity contribution in [1.29, 1.82) is 0 Å². The number of rotatable bonds is 7. The van der Waals surface area contributed by atoms with E-state index in [1.54, 1.807) is 25.1 Å². The highest BCUT2D eigenvalue weighted by Gasteiger charge is 2.15. The van der Waals surface area contributed by atoms with Crippen molar-refractivity contribution in [2.24, 2.45) is 0 Å². The van der Waals surface area contributed by atoms with E-state index in [-0.39, 0.29) is 5.91 Å². The van der Waals surface area contributed by atoms with Gasteiger partial charge >= 0.3 is 0 Å². The van der Waals surface area contributed by atoms with Crippen LogP contribution in [0.4, 0.5) is 0 Å². The lowest BCUT2D eigenvalue weighted by molar-refractivity contribution is -0.127. The van der Waals surface area contributed by atoms with E-state index in [1.165, 1.54) is 5.56 Å². The third kappa shape index (κ3) is 5.49.